The molecule has 0 saturated carbocycles. The number of hydrogen-bond donors (Lipinski definition) is 4. The zero-order valence-corrected chi connectivity index (χ0v) is 20.4. The predicted octanol–water partition coefficient (Wildman–Crippen LogP) is 1.68. The Kier molecular flexibility index (Phi) is 10.9. The molecule has 0 aliphatic carbocycles. The van der Waals surface area contributed by atoms with Gasteiger partial charge in [-0.25, -0.2) is 0 Å². The predicted molar refractivity (Wildman–Crippen MR) is 130 cm³/mol. The first-order valence-electron chi connectivity index (χ1n) is 10.3. The lowest BCUT2D eigenvalue weighted by Gasteiger charge is -2.18. The van der Waals surface area contributed by atoms with Gasteiger partial charge in [-0.3, -0.25) is 25.1 Å². The molecule has 0 aliphatic heterocycles. The van der Waals surface area contributed by atoms with Gasteiger partial charge in [0.15, 0.2) is 5.12 Å². The van der Waals surface area contributed by atoms with Crippen LogP contribution in [0.1, 0.15) is 44.7 Å². The molecule has 0 heterocycles. The number of nitrogens with zero attached hydrogens (tertiary/aromatic N) is 2. The number of thioether (sulfide) groups is 1. The molecule has 1 aromatic carbocycles. The Morgan fingerprint density at radius 2 is 1.75 bits per heavy atom. The van der Waals surface area contributed by atoms with Gasteiger partial charge in [-0.05, 0) is 23.5 Å². The molecule has 0 saturated heterocycles. The van der Waals surface area contributed by atoms with Gasteiger partial charge in [0, 0.05) is 26.8 Å². The number of hydrogen-bond acceptors (Lipinski definition) is 5. The van der Waals surface area contributed by atoms with Crippen molar-refractivity contribution in [1.29, 1.82) is 5.41 Å². The fourth-order valence-corrected chi connectivity index (χ4v) is 3.68. The second kappa shape index (κ2) is 12.8. The molecule has 10 heteroatoms. The van der Waals surface area contributed by atoms with E-state index in [4.69, 9.17) is 11.1 Å². The Morgan fingerprint density at radius 1 is 1.16 bits per heavy atom. The lowest BCUT2D eigenvalue weighted by Crippen LogP contribution is -2.51. The van der Waals surface area contributed by atoms with Crippen molar-refractivity contribution in [2.75, 3.05) is 19.8 Å². The first kappa shape index (κ1) is 27.2. The van der Waals surface area contributed by atoms with Gasteiger partial charge in [-0.2, -0.15) is 4.99 Å². The number of benzene rings is 1. The molecule has 0 fully saturated rings. The SMILES string of the molecule is CC(=O)N[C@H](CSC(=O)C(C)c1ccc(CC(C)C)cc1)C(=O)N/C(N)=N/C(=N)N(C)C. The van der Waals surface area contributed by atoms with Crippen molar-refractivity contribution in [2.45, 2.75) is 46.1 Å². The van der Waals surface area contributed by atoms with Crippen molar-refractivity contribution >= 4 is 40.6 Å². The number of nitrogens with one attached hydrogen (secondary N) is 3. The van der Waals surface area contributed by atoms with Gasteiger partial charge in [-0.15, -0.1) is 0 Å². The van der Waals surface area contributed by atoms with E-state index in [1.165, 1.54) is 17.4 Å². The maximum Gasteiger partial charge on any atom is 0.250 e. The largest absolute Gasteiger partial charge is 0.369 e. The summed E-state index contributed by atoms with van der Waals surface area (Å²) in [5.74, 6) is -1.20. The monoisotopic (exact) mass is 462 g/mol. The number of amides is 2. The van der Waals surface area contributed by atoms with Crippen LogP contribution in [0.25, 0.3) is 0 Å². The normalized spacial score (nSPS) is 13.3. The second-order valence-corrected chi connectivity index (χ2v) is 9.17. The Bertz CT molecular complexity index is 852. The van der Waals surface area contributed by atoms with Crippen molar-refractivity contribution in [3.8, 4) is 0 Å². The number of carbonyl (C=O) groups excluding carboxylic acids is 3. The number of rotatable bonds is 8. The van der Waals surface area contributed by atoms with Crippen molar-refractivity contribution in [2.24, 2.45) is 16.6 Å². The average Bonchev–Trinajstić information content (AvgIpc) is 2.69. The van der Waals surface area contributed by atoms with Crippen LogP contribution in [0.2, 0.25) is 0 Å². The molecule has 2 amide bonds. The summed E-state index contributed by atoms with van der Waals surface area (Å²) in [5, 5.41) is 12.4. The van der Waals surface area contributed by atoms with E-state index in [0.29, 0.717) is 5.92 Å². The number of guanidine groups is 2. The highest BCUT2D eigenvalue weighted by molar-refractivity contribution is 8.13. The van der Waals surface area contributed by atoms with Crippen LogP contribution in [-0.4, -0.2) is 59.6 Å². The van der Waals surface area contributed by atoms with E-state index >= 15 is 0 Å². The highest BCUT2D eigenvalue weighted by Gasteiger charge is 2.24. The van der Waals surface area contributed by atoms with Crippen molar-refractivity contribution in [3.63, 3.8) is 0 Å². The summed E-state index contributed by atoms with van der Waals surface area (Å²) in [6.45, 7) is 7.42. The van der Waals surface area contributed by atoms with Gasteiger partial charge in [0.2, 0.25) is 23.7 Å². The number of aliphatic imine (C=N–C) groups is 1. The molecule has 0 bridgehead atoms. The molecular weight excluding hydrogens is 428 g/mol. The minimum atomic E-state index is -0.982. The maximum atomic E-state index is 12.7. The van der Waals surface area contributed by atoms with E-state index in [1.807, 2.05) is 31.2 Å². The van der Waals surface area contributed by atoms with E-state index in [-0.39, 0.29) is 28.7 Å². The third-order valence-electron chi connectivity index (χ3n) is 4.46. The summed E-state index contributed by atoms with van der Waals surface area (Å²) in [5.41, 5.74) is 7.79. The summed E-state index contributed by atoms with van der Waals surface area (Å²) >= 11 is 0.973. The molecule has 176 valence electrons. The van der Waals surface area contributed by atoms with E-state index in [0.717, 1.165) is 23.7 Å². The highest BCUT2D eigenvalue weighted by atomic mass is 32.2. The fourth-order valence-electron chi connectivity index (χ4n) is 2.72. The van der Waals surface area contributed by atoms with Gasteiger partial charge in [0.25, 0.3) is 0 Å². The van der Waals surface area contributed by atoms with Gasteiger partial charge in [-0.1, -0.05) is 56.8 Å². The minimum Gasteiger partial charge on any atom is -0.369 e. The Balaban J connectivity index is 2.77. The highest BCUT2D eigenvalue weighted by Crippen LogP contribution is 2.23. The lowest BCUT2D eigenvalue weighted by molar-refractivity contribution is -0.126. The topological polar surface area (TPSA) is 141 Å². The summed E-state index contributed by atoms with van der Waals surface area (Å²) in [6, 6.07) is 6.99. The van der Waals surface area contributed by atoms with E-state index in [9.17, 15) is 14.4 Å². The van der Waals surface area contributed by atoms with Crippen LogP contribution in [0.15, 0.2) is 29.3 Å². The summed E-state index contributed by atoms with van der Waals surface area (Å²) in [6.07, 6.45) is 0.977. The lowest BCUT2D eigenvalue weighted by atomic mass is 9.97. The standard InChI is InChI=1S/C22H34N6O3S/c1-13(2)11-16-7-9-17(10-8-16)14(3)20(31)32-12-18(25-15(4)29)19(30)26-21(23)27-22(24)28(5)6/h7-10,13-14,18H,11-12H2,1-6H3,(H,25,29)(H4,23,24,26,27,30)/t14?,18-/m1/s1. The van der Waals surface area contributed by atoms with Crippen LogP contribution in [-0.2, 0) is 20.8 Å². The second-order valence-electron chi connectivity index (χ2n) is 8.15. The van der Waals surface area contributed by atoms with Gasteiger partial charge in [0.1, 0.15) is 6.04 Å². The first-order valence-corrected chi connectivity index (χ1v) is 11.3. The molecule has 1 aromatic rings. The van der Waals surface area contributed by atoms with Crippen LogP contribution < -0.4 is 16.4 Å². The molecule has 2 atom stereocenters. The van der Waals surface area contributed by atoms with Gasteiger partial charge in [0.05, 0.1) is 5.92 Å². The first-order chi connectivity index (χ1) is 14.9. The van der Waals surface area contributed by atoms with Crippen molar-refractivity contribution in [3.05, 3.63) is 35.4 Å². The minimum absolute atomic E-state index is 0.0401. The quantitative estimate of drug-likeness (QED) is 0.342. The maximum absolute atomic E-state index is 12.7. The summed E-state index contributed by atoms with van der Waals surface area (Å²) in [7, 11) is 3.23. The van der Waals surface area contributed by atoms with E-state index in [2.05, 4.69) is 29.5 Å². The zero-order valence-electron chi connectivity index (χ0n) is 19.6. The van der Waals surface area contributed by atoms with Crippen LogP contribution >= 0.6 is 11.8 Å². The van der Waals surface area contributed by atoms with E-state index < -0.39 is 17.9 Å². The Hall–Kier alpha value is -2.88. The average molecular weight is 463 g/mol. The van der Waals surface area contributed by atoms with Gasteiger partial charge < -0.3 is 16.0 Å². The molecule has 0 aliphatic rings. The fraction of sp³-hybridized carbons (Fsp3) is 0.500. The molecule has 5 N–H and O–H groups in total. The van der Waals surface area contributed by atoms with Crippen LogP contribution in [0.5, 0.6) is 0 Å². The number of nitrogens with two attached hydrogens (primary N) is 1. The van der Waals surface area contributed by atoms with Crippen molar-refractivity contribution < 1.29 is 14.4 Å². The summed E-state index contributed by atoms with van der Waals surface area (Å²) in [4.78, 5) is 41.9. The van der Waals surface area contributed by atoms with Crippen LogP contribution in [0, 0.1) is 11.3 Å². The molecule has 0 radical (unpaired) electrons. The molecule has 9 nitrogen and oxygen atoms in total. The van der Waals surface area contributed by atoms with Crippen molar-refractivity contribution in [1.82, 2.24) is 15.5 Å². The Labute approximate surface area is 194 Å². The molecule has 32 heavy (non-hydrogen) atoms. The third kappa shape index (κ3) is 9.51. The van der Waals surface area contributed by atoms with E-state index in [1.54, 1.807) is 14.1 Å². The number of carbonyl (C=O) groups is 3. The Morgan fingerprint density at radius 3 is 2.25 bits per heavy atom. The molecule has 1 rings (SSSR count). The third-order valence-corrected chi connectivity index (χ3v) is 5.60. The van der Waals surface area contributed by atoms with Gasteiger partial charge >= 0.3 is 0 Å². The van der Waals surface area contributed by atoms with Crippen LogP contribution in [0.3, 0.4) is 0 Å². The smallest absolute Gasteiger partial charge is 0.250 e. The molecule has 0 spiro atoms. The van der Waals surface area contributed by atoms with Crippen LogP contribution in [0.4, 0.5) is 0 Å². The zero-order chi connectivity index (χ0) is 24.4. The molecule has 1 unspecified atom stereocenters. The molecule has 0 aromatic heterocycles. The molecular formula is C22H34N6O3S. The summed E-state index contributed by atoms with van der Waals surface area (Å²) < 4.78 is 0.